The zero-order valence-corrected chi connectivity index (χ0v) is 15.4. The fraction of sp³-hybridized carbons (Fsp3) is 0.684. The molecule has 4 N–H and O–H groups in total. The van der Waals surface area contributed by atoms with Gasteiger partial charge in [-0.15, -0.1) is 0 Å². The highest BCUT2D eigenvalue weighted by Crippen LogP contribution is 2.36. The third-order valence-corrected chi connectivity index (χ3v) is 4.71. The summed E-state index contributed by atoms with van der Waals surface area (Å²) in [5, 5.41) is 0. The van der Waals surface area contributed by atoms with Crippen molar-refractivity contribution in [2.24, 2.45) is 11.7 Å². The monoisotopic (exact) mass is 318 g/mol. The number of nitrogen functional groups attached to an aromatic ring is 1. The highest BCUT2D eigenvalue weighted by molar-refractivity contribution is 5.77. The quantitative estimate of drug-likeness (QED) is 0.810. The van der Waals surface area contributed by atoms with E-state index >= 15 is 0 Å². The number of nitrogens with two attached hydrogens (primary N) is 2. The van der Waals surface area contributed by atoms with E-state index in [0.717, 1.165) is 30.1 Å². The number of hydrogen-bond acceptors (Lipinski definition) is 4. The lowest BCUT2D eigenvalue weighted by Crippen LogP contribution is -2.07. The van der Waals surface area contributed by atoms with Gasteiger partial charge in [-0.05, 0) is 57.6 Å². The molecule has 1 unspecified atom stereocenters. The van der Waals surface area contributed by atoms with Crippen LogP contribution in [0.25, 0.3) is 5.57 Å². The van der Waals surface area contributed by atoms with Crippen LogP contribution in [0.3, 0.4) is 0 Å². The molecular weight excluding hydrogens is 284 g/mol. The van der Waals surface area contributed by atoms with Crippen molar-refractivity contribution in [1.29, 1.82) is 0 Å². The number of aromatic nitrogens is 2. The van der Waals surface area contributed by atoms with Crippen LogP contribution in [-0.4, -0.2) is 16.5 Å². The van der Waals surface area contributed by atoms with Gasteiger partial charge in [-0.1, -0.05) is 38.7 Å². The van der Waals surface area contributed by atoms with Gasteiger partial charge in [-0.3, -0.25) is 0 Å². The summed E-state index contributed by atoms with van der Waals surface area (Å²) in [5.41, 5.74) is 16.2. The summed E-state index contributed by atoms with van der Waals surface area (Å²) >= 11 is 0. The molecule has 0 fully saturated rings. The summed E-state index contributed by atoms with van der Waals surface area (Å²) in [6.07, 6.45) is 10.2. The summed E-state index contributed by atoms with van der Waals surface area (Å²) in [4.78, 5) is 8.25. The molecule has 1 aliphatic rings. The van der Waals surface area contributed by atoms with Gasteiger partial charge in [-0.2, -0.15) is 0 Å². The Morgan fingerprint density at radius 3 is 2.35 bits per heavy atom. The molecule has 2 rings (SSSR count). The van der Waals surface area contributed by atoms with E-state index < -0.39 is 0 Å². The van der Waals surface area contributed by atoms with Crippen LogP contribution in [-0.2, 0) is 0 Å². The first-order valence-corrected chi connectivity index (χ1v) is 9.01. The molecule has 0 aromatic carbocycles. The molecule has 1 heterocycles. The fourth-order valence-corrected chi connectivity index (χ4v) is 3.29. The first-order chi connectivity index (χ1) is 11.0. The summed E-state index contributed by atoms with van der Waals surface area (Å²) < 4.78 is 0. The number of hydrogen-bond donors (Lipinski definition) is 2. The van der Waals surface area contributed by atoms with Crippen LogP contribution in [0.5, 0.6) is 0 Å². The molecule has 1 aromatic rings. The molecule has 0 saturated carbocycles. The first-order valence-electron chi connectivity index (χ1n) is 9.01. The van der Waals surface area contributed by atoms with Crippen molar-refractivity contribution in [3.8, 4) is 0 Å². The number of allylic oxidation sites excluding steroid dienone is 2. The van der Waals surface area contributed by atoms with Gasteiger partial charge in [0.15, 0.2) is 0 Å². The number of aryl methyl sites for hydroxylation is 1. The van der Waals surface area contributed by atoms with Crippen LogP contribution >= 0.6 is 0 Å². The van der Waals surface area contributed by atoms with Crippen molar-refractivity contribution in [2.45, 2.75) is 72.6 Å². The van der Waals surface area contributed by atoms with E-state index in [1.54, 1.807) is 0 Å². The van der Waals surface area contributed by atoms with Crippen LogP contribution in [0.4, 0.5) is 5.82 Å². The summed E-state index contributed by atoms with van der Waals surface area (Å²) in [7, 11) is 0. The van der Waals surface area contributed by atoms with Crippen LogP contribution < -0.4 is 11.5 Å². The maximum atomic E-state index is 5.88. The minimum atomic E-state index is 0.619. The molecule has 23 heavy (non-hydrogen) atoms. The van der Waals surface area contributed by atoms with Gasteiger partial charge in [0.25, 0.3) is 0 Å². The van der Waals surface area contributed by atoms with Crippen LogP contribution in [0.2, 0.25) is 0 Å². The predicted octanol–water partition coefficient (Wildman–Crippen LogP) is 4.49. The van der Waals surface area contributed by atoms with Gasteiger partial charge in [-0.25, -0.2) is 9.97 Å². The third kappa shape index (κ3) is 5.94. The molecule has 0 aliphatic heterocycles. The molecule has 130 valence electrons. The van der Waals surface area contributed by atoms with Gasteiger partial charge >= 0.3 is 0 Å². The lowest BCUT2D eigenvalue weighted by atomic mass is 9.97. The van der Waals surface area contributed by atoms with Crippen LogP contribution in [0.1, 0.15) is 77.0 Å². The second kappa shape index (κ2) is 10.4. The van der Waals surface area contributed by atoms with E-state index in [1.807, 2.05) is 6.92 Å². The van der Waals surface area contributed by atoms with Gasteiger partial charge in [0.2, 0.25) is 0 Å². The highest BCUT2D eigenvalue weighted by Gasteiger charge is 2.17. The Morgan fingerprint density at radius 2 is 1.87 bits per heavy atom. The standard InChI is InChI=1S/C11H15N3.C8H19N/c1-7-4-3-5-9(7)10-8(2)13-6-14-11(10)12;1-3-5-8(4-2)6-7-9/h6H,3-5H2,1-2H3,(H2,12,13,14);8H,3-7,9H2,1-2H3. The summed E-state index contributed by atoms with van der Waals surface area (Å²) in [6.45, 7) is 9.51. The Kier molecular flexibility index (Phi) is 8.85. The van der Waals surface area contributed by atoms with Gasteiger partial charge in [0.05, 0.1) is 5.69 Å². The van der Waals surface area contributed by atoms with E-state index in [9.17, 15) is 0 Å². The molecule has 0 bridgehead atoms. The van der Waals surface area contributed by atoms with Gasteiger partial charge in [0.1, 0.15) is 12.1 Å². The Bertz CT molecular complexity index is 482. The number of anilines is 1. The van der Waals surface area contributed by atoms with Crippen molar-refractivity contribution in [1.82, 2.24) is 9.97 Å². The third-order valence-electron chi connectivity index (χ3n) is 4.71. The normalized spacial score (nSPS) is 15.3. The Hall–Kier alpha value is -1.42. The summed E-state index contributed by atoms with van der Waals surface area (Å²) in [5.74, 6) is 1.51. The van der Waals surface area contributed by atoms with Gasteiger partial charge < -0.3 is 11.5 Å². The molecule has 0 amide bonds. The minimum Gasteiger partial charge on any atom is -0.383 e. The smallest absolute Gasteiger partial charge is 0.134 e. The second-order valence-corrected chi connectivity index (χ2v) is 6.47. The number of nitrogens with zero attached hydrogens (tertiary/aromatic N) is 2. The van der Waals surface area contributed by atoms with Gasteiger partial charge in [0, 0.05) is 5.56 Å². The topological polar surface area (TPSA) is 77.8 Å². The zero-order chi connectivity index (χ0) is 17.2. The predicted molar refractivity (Wildman–Crippen MR) is 100.0 cm³/mol. The zero-order valence-electron chi connectivity index (χ0n) is 15.4. The number of rotatable bonds is 6. The fourth-order valence-electron chi connectivity index (χ4n) is 3.29. The van der Waals surface area contributed by atoms with E-state index in [0.29, 0.717) is 5.82 Å². The second-order valence-electron chi connectivity index (χ2n) is 6.47. The van der Waals surface area contributed by atoms with Crippen LogP contribution in [0, 0.1) is 12.8 Å². The van der Waals surface area contributed by atoms with E-state index in [2.05, 4.69) is 30.7 Å². The van der Waals surface area contributed by atoms with Crippen molar-refractivity contribution in [3.05, 3.63) is 23.2 Å². The molecular formula is C19H34N4. The Balaban J connectivity index is 0.000000257. The minimum absolute atomic E-state index is 0.619. The molecule has 4 heteroatoms. The highest BCUT2D eigenvalue weighted by atomic mass is 14.9. The molecule has 1 atom stereocenters. The lowest BCUT2D eigenvalue weighted by molar-refractivity contribution is 0.438. The maximum Gasteiger partial charge on any atom is 0.134 e. The molecule has 0 radical (unpaired) electrons. The average molecular weight is 319 g/mol. The molecule has 1 aromatic heterocycles. The Labute approximate surface area is 141 Å². The molecule has 4 nitrogen and oxygen atoms in total. The van der Waals surface area contributed by atoms with Crippen molar-refractivity contribution < 1.29 is 0 Å². The van der Waals surface area contributed by atoms with E-state index in [-0.39, 0.29) is 0 Å². The molecule has 0 spiro atoms. The van der Waals surface area contributed by atoms with Crippen molar-refractivity contribution >= 4 is 11.4 Å². The Morgan fingerprint density at radius 1 is 1.13 bits per heavy atom. The van der Waals surface area contributed by atoms with E-state index in [1.165, 1.54) is 56.0 Å². The SMILES string of the molecule is CC1=C(c2c(C)ncnc2N)CCC1.CCCC(CC)CCN. The van der Waals surface area contributed by atoms with Crippen molar-refractivity contribution in [2.75, 3.05) is 12.3 Å². The van der Waals surface area contributed by atoms with Crippen LogP contribution in [0.15, 0.2) is 11.9 Å². The van der Waals surface area contributed by atoms with E-state index in [4.69, 9.17) is 11.5 Å². The molecule has 1 aliphatic carbocycles. The largest absolute Gasteiger partial charge is 0.383 e. The maximum absolute atomic E-state index is 5.88. The van der Waals surface area contributed by atoms with Crippen molar-refractivity contribution in [3.63, 3.8) is 0 Å². The lowest BCUT2D eigenvalue weighted by Gasteiger charge is -2.10. The first kappa shape index (κ1) is 19.6. The average Bonchev–Trinajstić information content (AvgIpc) is 2.94. The summed E-state index contributed by atoms with van der Waals surface area (Å²) in [6, 6.07) is 0. The molecule has 0 saturated heterocycles.